The fourth-order valence-corrected chi connectivity index (χ4v) is 5.00. The van der Waals surface area contributed by atoms with Crippen LogP contribution in [0.4, 0.5) is 17.6 Å². The van der Waals surface area contributed by atoms with Crippen LogP contribution in [0.3, 0.4) is 0 Å². The van der Waals surface area contributed by atoms with Gasteiger partial charge >= 0.3 is 5.97 Å². The van der Waals surface area contributed by atoms with Crippen LogP contribution in [0.2, 0.25) is 0 Å². The lowest BCUT2D eigenvalue weighted by Crippen LogP contribution is -2.26. The number of carbonyl (C=O) groups is 1. The summed E-state index contributed by atoms with van der Waals surface area (Å²) in [6, 6.07) is 13.4. The van der Waals surface area contributed by atoms with Crippen LogP contribution < -0.4 is 4.74 Å². The van der Waals surface area contributed by atoms with Crippen molar-refractivity contribution >= 4 is 5.97 Å². The van der Waals surface area contributed by atoms with Crippen LogP contribution >= 0.6 is 0 Å². The molecular formula is C30H30F4O2. The second-order valence-electron chi connectivity index (χ2n) is 9.45. The minimum Gasteiger partial charge on any atom is -0.423 e. The van der Waals surface area contributed by atoms with E-state index in [0.717, 1.165) is 18.4 Å². The summed E-state index contributed by atoms with van der Waals surface area (Å²) in [6.07, 6.45) is 3.98. The first-order valence-corrected chi connectivity index (χ1v) is 12.6. The van der Waals surface area contributed by atoms with Crippen LogP contribution in [0.25, 0.3) is 11.1 Å². The molecule has 0 aliphatic heterocycles. The Kier molecular flexibility index (Phi) is 8.12. The normalized spacial score (nSPS) is 17.7. The summed E-state index contributed by atoms with van der Waals surface area (Å²) in [5, 5.41) is 0. The van der Waals surface area contributed by atoms with E-state index >= 15 is 8.78 Å². The van der Waals surface area contributed by atoms with E-state index in [2.05, 4.69) is 6.92 Å². The van der Waals surface area contributed by atoms with Crippen LogP contribution in [0, 0.1) is 29.2 Å². The molecule has 6 heteroatoms. The zero-order valence-electron chi connectivity index (χ0n) is 20.6. The maximum absolute atomic E-state index is 15.1. The molecule has 1 fully saturated rings. The van der Waals surface area contributed by atoms with Gasteiger partial charge in [-0.2, -0.15) is 4.39 Å². The van der Waals surface area contributed by atoms with E-state index in [9.17, 15) is 13.6 Å². The molecule has 3 aromatic carbocycles. The highest BCUT2D eigenvalue weighted by molar-refractivity contribution is 5.75. The molecule has 0 heterocycles. The van der Waals surface area contributed by atoms with Gasteiger partial charge in [-0.3, -0.25) is 4.79 Å². The molecule has 0 N–H and O–H groups in total. The Balaban J connectivity index is 1.41. The molecule has 0 amide bonds. The fourth-order valence-electron chi connectivity index (χ4n) is 5.00. The van der Waals surface area contributed by atoms with E-state index < -0.39 is 40.9 Å². The lowest BCUT2D eigenvalue weighted by Gasteiger charge is -2.28. The van der Waals surface area contributed by atoms with Gasteiger partial charge < -0.3 is 4.74 Å². The molecule has 2 nitrogen and oxygen atoms in total. The molecule has 0 atom stereocenters. The standard InChI is InChI=1S/C30H30F4O2/c1-3-5-18-6-8-20(9-7-18)23-15-16-24(28(33)27(23)32)21-10-12-22(13-11-21)30(35)36-25-17-14-19(4-2)26(31)29(25)34/h6-9,14-17,21-22H,3-5,10-13H2,1-2H3. The zero-order valence-corrected chi connectivity index (χ0v) is 20.6. The number of ether oxygens (including phenoxy) is 1. The molecule has 36 heavy (non-hydrogen) atoms. The highest BCUT2D eigenvalue weighted by Gasteiger charge is 2.31. The largest absolute Gasteiger partial charge is 0.423 e. The van der Waals surface area contributed by atoms with Crippen LogP contribution in [-0.2, 0) is 17.6 Å². The SMILES string of the molecule is CCCc1ccc(-c2ccc(C3CCC(C(=O)Oc4ccc(CC)c(F)c4F)CC3)c(F)c2F)cc1. The summed E-state index contributed by atoms with van der Waals surface area (Å²) in [7, 11) is 0. The number of esters is 1. The minimum absolute atomic E-state index is 0.210. The van der Waals surface area contributed by atoms with Crippen molar-refractivity contribution in [1.29, 1.82) is 0 Å². The lowest BCUT2D eigenvalue weighted by atomic mass is 9.78. The summed E-state index contributed by atoms with van der Waals surface area (Å²) in [5.74, 6) is -5.72. The topological polar surface area (TPSA) is 26.3 Å². The van der Waals surface area contributed by atoms with Crippen molar-refractivity contribution in [2.45, 2.75) is 64.7 Å². The predicted molar refractivity (Wildman–Crippen MR) is 132 cm³/mol. The number of aryl methyl sites for hydroxylation is 2. The van der Waals surface area contributed by atoms with Crippen molar-refractivity contribution in [3.05, 3.63) is 88.5 Å². The average Bonchev–Trinajstić information content (AvgIpc) is 2.89. The van der Waals surface area contributed by atoms with Crippen molar-refractivity contribution in [2.24, 2.45) is 5.92 Å². The quantitative estimate of drug-likeness (QED) is 0.186. The van der Waals surface area contributed by atoms with Gasteiger partial charge in [0.25, 0.3) is 0 Å². The highest BCUT2D eigenvalue weighted by Crippen LogP contribution is 2.39. The third kappa shape index (κ3) is 5.32. The number of halogens is 4. The van der Waals surface area contributed by atoms with Gasteiger partial charge in [0.15, 0.2) is 23.2 Å². The van der Waals surface area contributed by atoms with Gasteiger partial charge in [-0.05, 0) is 72.8 Å². The molecule has 0 saturated heterocycles. The maximum Gasteiger partial charge on any atom is 0.314 e. The molecule has 1 saturated carbocycles. The lowest BCUT2D eigenvalue weighted by molar-refractivity contribution is -0.140. The minimum atomic E-state index is -1.17. The van der Waals surface area contributed by atoms with Crippen LogP contribution in [0.15, 0.2) is 48.5 Å². The molecule has 0 unspecified atom stereocenters. The predicted octanol–water partition coefficient (Wildman–Crippen LogP) is 8.30. The number of hydrogen-bond donors (Lipinski definition) is 0. The van der Waals surface area contributed by atoms with E-state index in [0.29, 0.717) is 43.2 Å². The molecule has 3 aromatic rings. The van der Waals surface area contributed by atoms with E-state index in [-0.39, 0.29) is 17.0 Å². The Bertz CT molecular complexity index is 1230. The number of carbonyl (C=O) groups excluding carboxylic acids is 1. The Morgan fingerprint density at radius 3 is 2.14 bits per heavy atom. The van der Waals surface area contributed by atoms with Crippen molar-refractivity contribution < 1.29 is 27.1 Å². The summed E-state index contributed by atoms with van der Waals surface area (Å²) in [6.45, 7) is 3.79. The first-order valence-electron chi connectivity index (χ1n) is 12.6. The van der Waals surface area contributed by atoms with Gasteiger partial charge in [-0.25, -0.2) is 13.2 Å². The molecule has 0 spiro atoms. The third-order valence-electron chi connectivity index (χ3n) is 7.13. The Hall–Kier alpha value is -3.15. The van der Waals surface area contributed by atoms with Crippen LogP contribution in [0.1, 0.15) is 68.6 Å². The Morgan fingerprint density at radius 1 is 0.806 bits per heavy atom. The zero-order chi connectivity index (χ0) is 25.8. The van der Waals surface area contributed by atoms with Crippen LogP contribution in [-0.4, -0.2) is 5.97 Å². The number of benzene rings is 3. The third-order valence-corrected chi connectivity index (χ3v) is 7.13. The van der Waals surface area contributed by atoms with Gasteiger partial charge in [0.1, 0.15) is 0 Å². The molecular weight excluding hydrogens is 468 g/mol. The smallest absolute Gasteiger partial charge is 0.314 e. The molecule has 0 aromatic heterocycles. The van der Waals surface area contributed by atoms with E-state index in [1.807, 2.05) is 24.3 Å². The summed E-state index contributed by atoms with van der Waals surface area (Å²) in [4.78, 5) is 12.6. The van der Waals surface area contributed by atoms with E-state index in [1.54, 1.807) is 19.1 Å². The van der Waals surface area contributed by atoms with Gasteiger partial charge in [-0.15, -0.1) is 0 Å². The fraction of sp³-hybridized carbons (Fsp3) is 0.367. The molecule has 0 radical (unpaired) electrons. The maximum atomic E-state index is 15.1. The second kappa shape index (κ2) is 11.3. The average molecular weight is 499 g/mol. The van der Waals surface area contributed by atoms with Crippen molar-refractivity contribution in [3.63, 3.8) is 0 Å². The van der Waals surface area contributed by atoms with Gasteiger partial charge in [0.05, 0.1) is 5.92 Å². The van der Waals surface area contributed by atoms with Crippen molar-refractivity contribution in [3.8, 4) is 16.9 Å². The first kappa shape index (κ1) is 25.9. The summed E-state index contributed by atoms with van der Waals surface area (Å²) < 4.78 is 63.5. The van der Waals surface area contributed by atoms with E-state index in [1.165, 1.54) is 12.1 Å². The monoisotopic (exact) mass is 498 g/mol. The molecule has 4 rings (SSSR count). The highest BCUT2D eigenvalue weighted by atomic mass is 19.2. The number of rotatable bonds is 7. The summed E-state index contributed by atoms with van der Waals surface area (Å²) in [5.41, 5.74) is 2.51. The Morgan fingerprint density at radius 2 is 1.50 bits per heavy atom. The summed E-state index contributed by atoms with van der Waals surface area (Å²) >= 11 is 0. The molecule has 1 aliphatic rings. The molecule has 1 aliphatic carbocycles. The molecule has 0 bridgehead atoms. The van der Waals surface area contributed by atoms with Gasteiger partial charge in [-0.1, -0.05) is 62.7 Å². The van der Waals surface area contributed by atoms with E-state index in [4.69, 9.17) is 4.74 Å². The molecule has 190 valence electrons. The Labute approximate surface area is 209 Å². The van der Waals surface area contributed by atoms with Crippen LogP contribution in [0.5, 0.6) is 5.75 Å². The van der Waals surface area contributed by atoms with Crippen molar-refractivity contribution in [2.75, 3.05) is 0 Å². The van der Waals surface area contributed by atoms with Crippen molar-refractivity contribution in [1.82, 2.24) is 0 Å². The van der Waals surface area contributed by atoms with Gasteiger partial charge in [0.2, 0.25) is 5.82 Å². The first-order chi connectivity index (χ1) is 17.3. The number of hydrogen-bond acceptors (Lipinski definition) is 2. The van der Waals surface area contributed by atoms with Gasteiger partial charge in [0, 0.05) is 5.56 Å². The second-order valence-corrected chi connectivity index (χ2v) is 9.45.